The van der Waals surface area contributed by atoms with E-state index in [4.69, 9.17) is 4.74 Å². The number of benzene rings is 1. The third kappa shape index (κ3) is 5.27. The van der Waals surface area contributed by atoms with Crippen molar-refractivity contribution in [2.75, 3.05) is 26.2 Å². The summed E-state index contributed by atoms with van der Waals surface area (Å²) in [4.78, 5) is 26.4. The Kier molecular flexibility index (Phi) is 6.78. The maximum Gasteiger partial charge on any atom is 0.310 e. The Balaban J connectivity index is 1.56. The Morgan fingerprint density at radius 2 is 2.00 bits per heavy atom. The van der Waals surface area contributed by atoms with Crippen LogP contribution in [-0.4, -0.2) is 42.0 Å². The van der Waals surface area contributed by atoms with E-state index in [1.54, 1.807) is 23.5 Å². The molecular weight excluding hydrogens is 366 g/mol. The van der Waals surface area contributed by atoms with Gasteiger partial charge in [-0.2, -0.15) is 0 Å². The van der Waals surface area contributed by atoms with Gasteiger partial charge in [0, 0.05) is 17.5 Å². The average molecular weight is 389 g/mol. The molecule has 1 saturated heterocycles. The van der Waals surface area contributed by atoms with Gasteiger partial charge in [-0.3, -0.25) is 19.8 Å². The number of piperidine rings is 1. The van der Waals surface area contributed by atoms with Gasteiger partial charge in [-0.25, -0.2) is 0 Å². The number of rotatable bonds is 8. The van der Waals surface area contributed by atoms with Crippen LogP contribution in [-0.2, 0) is 4.79 Å². The van der Waals surface area contributed by atoms with Gasteiger partial charge in [0.2, 0.25) is 0 Å². The molecule has 2 heterocycles. The molecule has 0 radical (unpaired) electrons. The second kappa shape index (κ2) is 9.48. The number of nitrogens with zero attached hydrogens (tertiary/aromatic N) is 2. The number of thiophene rings is 1. The van der Waals surface area contributed by atoms with E-state index < -0.39 is 4.92 Å². The Hall–Kier alpha value is -2.45. The summed E-state index contributed by atoms with van der Waals surface area (Å²) in [6.07, 6.45) is 3.61. The fourth-order valence-corrected chi connectivity index (χ4v) is 4.12. The van der Waals surface area contributed by atoms with Gasteiger partial charge in [-0.1, -0.05) is 24.6 Å². The second-order valence-corrected chi connectivity index (χ2v) is 7.42. The van der Waals surface area contributed by atoms with Crippen LogP contribution >= 0.6 is 11.3 Å². The summed E-state index contributed by atoms with van der Waals surface area (Å²) >= 11 is 1.69. The lowest BCUT2D eigenvalue weighted by molar-refractivity contribution is -0.385. The molecule has 2 aromatic rings. The molecule has 144 valence electrons. The molecule has 0 bridgehead atoms. The molecule has 1 atom stereocenters. The number of nitro groups is 1. The lowest BCUT2D eigenvalue weighted by atomic mass is 10.1. The molecule has 8 heteroatoms. The number of amides is 1. The van der Waals surface area contributed by atoms with Crippen LogP contribution in [0.5, 0.6) is 5.75 Å². The molecule has 1 aliphatic heterocycles. The van der Waals surface area contributed by atoms with Crippen molar-refractivity contribution in [3.05, 3.63) is 56.8 Å². The predicted octanol–water partition coefficient (Wildman–Crippen LogP) is 3.38. The van der Waals surface area contributed by atoms with Crippen LogP contribution in [0.25, 0.3) is 0 Å². The van der Waals surface area contributed by atoms with E-state index in [0.29, 0.717) is 6.54 Å². The van der Waals surface area contributed by atoms with Gasteiger partial charge in [-0.15, -0.1) is 11.3 Å². The highest BCUT2D eigenvalue weighted by Crippen LogP contribution is 2.28. The number of likely N-dealkylation sites (tertiary alicyclic amines) is 1. The lowest BCUT2D eigenvalue weighted by Crippen LogP contribution is -2.41. The molecule has 1 aromatic carbocycles. The molecule has 7 nitrogen and oxygen atoms in total. The Bertz CT molecular complexity index is 760. The number of nitrogens with one attached hydrogen (secondary N) is 1. The summed E-state index contributed by atoms with van der Waals surface area (Å²) in [6, 6.07) is 10.3. The van der Waals surface area contributed by atoms with E-state index in [1.807, 2.05) is 11.4 Å². The van der Waals surface area contributed by atoms with Crippen LogP contribution in [0.4, 0.5) is 5.69 Å². The predicted molar refractivity (Wildman–Crippen MR) is 104 cm³/mol. The van der Waals surface area contributed by atoms with Crippen LogP contribution in [0.3, 0.4) is 0 Å². The van der Waals surface area contributed by atoms with Crippen molar-refractivity contribution in [3.8, 4) is 5.75 Å². The average Bonchev–Trinajstić information content (AvgIpc) is 3.22. The maximum atomic E-state index is 12.2. The fraction of sp³-hybridized carbons (Fsp3) is 0.421. The van der Waals surface area contributed by atoms with Crippen molar-refractivity contribution in [1.82, 2.24) is 10.2 Å². The van der Waals surface area contributed by atoms with E-state index in [1.165, 1.54) is 36.3 Å². The molecule has 27 heavy (non-hydrogen) atoms. The molecule has 1 aliphatic rings. The molecule has 1 amide bonds. The first kappa shape index (κ1) is 19.3. The number of ether oxygens (including phenoxy) is 1. The van der Waals surface area contributed by atoms with Crippen LogP contribution in [0.2, 0.25) is 0 Å². The van der Waals surface area contributed by atoms with Crippen LogP contribution in [0.1, 0.15) is 30.2 Å². The van der Waals surface area contributed by atoms with Crippen LogP contribution in [0.15, 0.2) is 41.8 Å². The SMILES string of the molecule is O=C(COc1ccccc1[N+](=O)[O-])NC[C@@H](c1cccs1)N1CCCCC1. The molecular formula is C19H23N3O4S. The zero-order valence-corrected chi connectivity index (χ0v) is 15.8. The lowest BCUT2D eigenvalue weighted by Gasteiger charge is -2.34. The molecule has 0 aliphatic carbocycles. The van der Waals surface area contributed by atoms with Crippen LogP contribution < -0.4 is 10.1 Å². The quantitative estimate of drug-likeness (QED) is 0.553. The minimum atomic E-state index is -0.517. The van der Waals surface area contributed by atoms with Gasteiger partial charge in [-0.05, 0) is 43.4 Å². The Labute approximate surface area is 162 Å². The zero-order valence-electron chi connectivity index (χ0n) is 15.0. The van der Waals surface area contributed by atoms with Crippen molar-refractivity contribution < 1.29 is 14.5 Å². The van der Waals surface area contributed by atoms with E-state index in [9.17, 15) is 14.9 Å². The molecule has 1 aromatic heterocycles. The van der Waals surface area contributed by atoms with Crippen LogP contribution in [0, 0.1) is 10.1 Å². The summed E-state index contributed by atoms with van der Waals surface area (Å²) in [6.45, 7) is 2.32. The minimum Gasteiger partial charge on any atom is -0.477 e. The fourth-order valence-electron chi connectivity index (χ4n) is 3.26. The second-order valence-electron chi connectivity index (χ2n) is 6.45. The summed E-state index contributed by atoms with van der Waals surface area (Å²) < 4.78 is 5.36. The molecule has 0 unspecified atom stereocenters. The zero-order chi connectivity index (χ0) is 19.1. The highest BCUT2D eigenvalue weighted by atomic mass is 32.1. The van der Waals surface area contributed by atoms with Gasteiger partial charge in [0.15, 0.2) is 12.4 Å². The Morgan fingerprint density at radius 1 is 1.22 bits per heavy atom. The first-order chi connectivity index (χ1) is 13.1. The standard InChI is InChI=1S/C19H23N3O4S/c23-19(14-26-17-8-3-2-7-15(17)22(24)25)20-13-16(18-9-6-12-27-18)21-10-4-1-5-11-21/h2-3,6-9,12,16H,1,4-5,10-11,13-14H2,(H,20,23)/t16-/m0/s1. The van der Waals surface area contributed by atoms with E-state index in [0.717, 1.165) is 13.1 Å². The number of hydrogen-bond acceptors (Lipinski definition) is 6. The van der Waals surface area contributed by atoms with Gasteiger partial charge in [0.05, 0.1) is 11.0 Å². The smallest absolute Gasteiger partial charge is 0.310 e. The third-order valence-electron chi connectivity index (χ3n) is 4.62. The number of nitro benzene ring substituents is 1. The first-order valence-corrected chi connectivity index (χ1v) is 9.93. The Morgan fingerprint density at radius 3 is 2.70 bits per heavy atom. The van der Waals surface area contributed by atoms with Gasteiger partial charge in [0.25, 0.3) is 5.91 Å². The van der Waals surface area contributed by atoms with Crippen molar-refractivity contribution in [3.63, 3.8) is 0 Å². The number of hydrogen-bond donors (Lipinski definition) is 1. The summed E-state index contributed by atoms with van der Waals surface area (Å²) in [5.41, 5.74) is -0.143. The van der Waals surface area contributed by atoms with Crippen molar-refractivity contribution in [2.45, 2.75) is 25.3 Å². The topological polar surface area (TPSA) is 84.7 Å². The monoisotopic (exact) mass is 389 g/mol. The first-order valence-electron chi connectivity index (χ1n) is 9.05. The summed E-state index contributed by atoms with van der Waals surface area (Å²) in [5, 5.41) is 16.0. The number of carbonyl (C=O) groups is 1. The summed E-state index contributed by atoms with van der Waals surface area (Å²) in [5.74, 6) is -0.185. The van der Waals surface area contributed by atoms with Crippen molar-refractivity contribution in [2.24, 2.45) is 0 Å². The third-order valence-corrected chi connectivity index (χ3v) is 5.59. The molecule has 1 fully saturated rings. The van der Waals surface area contributed by atoms with Crippen molar-refractivity contribution >= 4 is 22.9 Å². The molecule has 0 saturated carbocycles. The number of carbonyl (C=O) groups excluding carboxylic acids is 1. The minimum absolute atomic E-state index is 0.100. The van der Waals surface area contributed by atoms with Crippen molar-refractivity contribution in [1.29, 1.82) is 0 Å². The molecule has 3 rings (SSSR count). The normalized spacial score (nSPS) is 15.9. The molecule has 1 N–H and O–H groups in total. The largest absolute Gasteiger partial charge is 0.477 e. The maximum absolute atomic E-state index is 12.2. The highest BCUT2D eigenvalue weighted by molar-refractivity contribution is 7.10. The highest BCUT2D eigenvalue weighted by Gasteiger charge is 2.24. The van der Waals surface area contributed by atoms with Gasteiger partial charge in [0.1, 0.15) is 0 Å². The van der Waals surface area contributed by atoms with Gasteiger partial charge < -0.3 is 10.1 Å². The number of para-hydroxylation sites is 2. The molecule has 0 spiro atoms. The van der Waals surface area contributed by atoms with E-state index in [2.05, 4.69) is 16.3 Å². The van der Waals surface area contributed by atoms with E-state index in [-0.39, 0.29) is 30.0 Å². The van der Waals surface area contributed by atoms with Gasteiger partial charge >= 0.3 is 5.69 Å². The van der Waals surface area contributed by atoms with E-state index >= 15 is 0 Å². The summed E-state index contributed by atoms with van der Waals surface area (Å²) in [7, 11) is 0.